The molecule has 0 spiro atoms. The maximum atomic E-state index is 13.0. The number of amides is 3. The van der Waals surface area contributed by atoms with Crippen LogP contribution < -0.4 is 10.2 Å². The van der Waals surface area contributed by atoms with E-state index in [4.69, 9.17) is 27.9 Å². The highest BCUT2D eigenvalue weighted by Crippen LogP contribution is 2.43. The van der Waals surface area contributed by atoms with Gasteiger partial charge in [-0.3, -0.25) is 19.3 Å². The van der Waals surface area contributed by atoms with Gasteiger partial charge in [0.1, 0.15) is 0 Å². The Labute approximate surface area is 221 Å². The molecule has 1 heterocycles. The van der Waals surface area contributed by atoms with Crippen LogP contribution in [0, 0.1) is 25.7 Å². The third kappa shape index (κ3) is 5.25. The van der Waals surface area contributed by atoms with Gasteiger partial charge in [0.15, 0.2) is 6.61 Å². The van der Waals surface area contributed by atoms with Gasteiger partial charge in [-0.15, -0.1) is 23.2 Å². The molecule has 1 aliphatic carbocycles. The molecule has 10 heteroatoms. The lowest BCUT2D eigenvalue weighted by atomic mass is 9.80. The quantitative estimate of drug-likeness (QED) is 0.305. The minimum absolute atomic E-state index is 0.117. The first-order valence-corrected chi connectivity index (χ1v) is 12.7. The van der Waals surface area contributed by atoms with Crippen molar-refractivity contribution < 1.29 is 23.9 Å². The summed E-state index contributed by atoms with van der Waals surface area (Å²) in [4.78, 5) is 51.9. The first-order valence-electron chi connectivity index (χ1n) is 11.1. The lowest BCUT2D eigenvalue weighted by molar-refractivity contribution is -0.122. The van der Waals surface area contributed by atoms with Crippen molar-refractivity contribution in [2.75, 3.05) is 16.8 Å². The van der Waals surface area contributed by atoms with Crippen molar-refractivity contribution in [1.29, 1.82) is 0 Å². The molecule has 2 fully saturated rings. The molecule has 2 aliphatic rings. The molecule has 4 atom stereocenters. The Morgan fingerprint density at radius 3 is 2.17 bits per heavy atom. The fourth-order valence-electron chi connectivity index (χ4n) is 4.55. The normalized spacial score (nSPS) is 23.7. The van der Waals surface area contributed by atoms with Crippen LogP contribution in [0.1, 0.15) is 34.3 Å². The van der Waals surface area contributed by atoms with E-state index in [0.29, 0.717) is 18.5 Å². The Kier molecular flexibility index (Phi) is 7.54. The SMILES string of the molecule is Cc1cc(NC(=O)COC(=O)c2cccc(N3C(=O)[C@H]4C[C@H](Cl)[C@@H](Cl)C[C@H]4C3=O)c2)cc(C)c1Br. The summed E-state index contributed by atoms with van der Waals surface area (Å²) in [6.07, 6.45) is 0.658. The number of anilines is 2. The van der Waals surface area contributed by atoms with E-state index in [1.807, 2.05) is 13.8 Å². The third-order valence-corrected chi connectivity index (χ3v) is 8.65. The number of imide groups is 1. The van der Waals surface area contributed by atoms with Gasteiger partial charge in [-0.1, -0.05) is 22.0 Å². The van der Waals surface area contributed by atoms with Gasteiger partial charge in [-0.05, 0) is 68.1 Å². The fraction of sp³-hybridized carbons (Fsp3) is 0.360. The van der Waals surface area contributed by atoms with Gasteiger partial charge >= 0.3 is 5.97 Å². The van der Waals surface area contributed by atoms with Crippen molar-refractivity contribution >= 4 is 74.2 Å². The van der Waals surface area contributed by atoms with Crippen molar-refractivity contribution in [2.45, 2.75) is 37.4 Å². The second-order valence-corrected chi connectivity index (χ2v) is 10.7. The summed E-state index contributed by atoms with van der Waals surface area (Å²) >= 11 is 15.9. The summed E-state index contributed by atoms with van der Waals surface area (Å²) in [6, 6.07) is 9.64. The van der Waals surface area contributed by atoms with Crippen molar-refractivity contribution in [1.82, 2.24) is 0 Å². The molecular formula is C25H23BrCl2N2O5. The topological polar surface area (TPSA) is 92.8 Å². The number of fused-ring (bicyclic) bond motifs is 1. The van der Waals surface area contributed by atoms with Gasteiger partial charge in [0.2, 0.25) is 11.8 Å². The van der Waals surface area contributed by atoms with Crippen LogP contribution in [0.25, 0.3) is 0 Å². The molecule has 0 unspecified atom stereocenters. The van der Waals surface area contributed by atoms with E-state index in [0.717, 1.165) is 20.5 Å². The summed E-state index contributed by atoms with van der Waals surface area (Å²) < 4.78 is 6.12. The second kappa shape index (κ2) is 10.3. The number of hydrogen-bond donors (Lipinski definition) is 1. The molecule has 35 heavy (non-hydrogen) atoms. The molecule has 1 aliphatic heterocycles. The number of nitrogens with zero attached hydrogens (tertiary/aromatic N) is 1. The minimum Gasteiger partial charge on any atom is -0.452 e. The number of halogens is 3. The maximum Gasteiger partial charge on any atom is 0.338 e. The van der Waals surface area contributed by atoms with Crippen molar-refractivity contribution in [2.24, 2.45) is 11.8 Å². The standard InChI is InChI=1S/C25H23BrCl2N2O5/c1-12-6-15(7-13(2)22(12)26)29-21(31)11-35-25(34)14-4-3-5-16(8-14)30-23(32)17-9-19(27)20(28)10-18(17)24(30)33/h3-8,17-20H,9-11H2,1-2H3,(H,29,31)/t17-,18+,19-,20-/m0/s1. The summed E-state index contributed by atoms with van der Waals surface area (Å²) in [5.41, 5.74) is 2.90. The highest BCUT2D eigenvalue weighted by Gasteiger charge is 2.52. The average molecular weight is 582 g/mol. The van der Waals surface area contributed by atoms with E-state index in [9.17, 15) is 19.2 Å². The van der Waals surface area contributed by atoms with E-state index >= 15 is 0 Å². The largest absolute Gasteiger partial charge is 0.452 e. The monoisotopic (exact) mass is 580 g/mol. The Morgan fingerprint density at radius 2 is 1.60 bits per heavy atom. The van der Waals surface area contributed by atoms with Crippen LogP contribution in [0.5, 0.6) is 0 Å². The summed E-state index contributed by atoms with van der Waals surface area (Å²) in [5, 5.41) is 1.94. The number of alkyl halides is 2. The predicted molar refractivity (Wildman–Crippen MR) is 137 cm³/mol. The number of carbonyl (C=O) groups excluding carboxylic acids is 4. The van der Waals surface area contributed by atoms with Gasteiger partial charge in [0, 0.05) is 10.2 Å². The van der Waals surface area contributed by atoms with Gasteiger partial charge in [0.25, 0.3) is 5.91 Å². The summed E-state index contributed by atoms with van der Waals surface area (Å²) in [5.74, 6) is -2.98. The molecule has 1 N–H and O–H groups in total. The summed E-state index contributed by atoms with van der Waals surface area (Å²) in [6.45, 7) is 3.33. The van der Waals surface area contributed by atoms with Crippen molar-refractivity contribution in [3.8, 4) is 0 Å². The Morgan fingerprint density at radius 1 is 1.03 bits per heavy atom. The van der Waals surface area contributed by atoms with Gasteiger partial charge in [0.05, 0.1) is 33.8 Å². The first kappa shape index (κ1) is 25.7. The van der Waals surface area contributed by atoms with Crippen LogP contribution in [0.2, 0.25) is 0 Å². The Balaban J connectivity index is 1.42. The number of benzene rings is 2. The van der Waals surface area contributed by atoms with Gasteiger partial charge < -0.3 is 10.1 Å². The number of rotatable bonds is 5. The smallest absolute Gasteiger partial charge is 0.338 e. The minimum atomic E-state index is -0.747. The van der Waals surface area contributed by atoms with E-state index in [1.54, 1.807) is 24.3 Å². The maximum absolute atomic E-state index is 13.0. The molecule has 1 saturated carbocycles. The molecule has 0 radical (unpaired) electrons. The molecular weight excluding hydrogens is 559 g/mol. The zero-order valence-corrected chi connectivity index (χ0v) is 22.1. The van der Waals surface area contributed by atoms with Crippen LogP contribution in [0.4, 0.5) is 11.4 Å². The van der Waals surface area contributed by atoms with Crippen LogP contribution in [-0.4, -0.2) is 41.1 Å². The number of hydrogen-bond acceptors (Lipinski definition) is 5. The average Bonchev–Trinajstić information content (AvgIpc) is 3.05. The molecule has 0 aromatic heterocycles. The Bertz CT molecular complexity index is 1170. The van der Waals surface area contributed by atoms with E-state index in [2.05, 4.69) is 21.2 Å². The number of carbonyl (C=O) groups is 4. The van der Waals surface area contributed by atoms with Gasteiger partial charge in [-0.2, -0.15) is 0 Å². The molecule has 7 nitrogen and oxygen atoms in total. The number of esters is 1. The predicted octanol–water partition coefficient (Wildman–Crippen LogP) is 4.98. The van der Waals surface area contributed by atoms with Crippen LogP contribution >= 0.6 is 39.1 Å². The van der Waals surface area contributed by atoms with E-state index in [1.165, 1.54) is 12.1 Å². The third-order valence-electron chi connectivity index (χ3n) is 6.31. The summed E-state index contributed by atoms with van der Waals surface area (Å²) in [7, 11) is 0. The fourth-order valence-corrected chi connectivity index (χ4v) is 5.37. The highest BCUT2D eigenvalue weighted by atomic mass is 79.9. The van der Waals surface area contributed by atoms with Crippen molar-refractivity contribution in [3.63, 3.8) is 0 Å². The van der Waals surface area contributed by atoms with Crippen LogP contribution in [0.15, 0.2) is 40.9 Å². The zero-order valence-electron chi connectivity index (χ0n) is 19.0. The van der Waals surface area contributed by atoms with Crippen LogP contribution in [0.3, 0.4) is 0 Å². The number of ether oxygens (including phenoxy) is 1. The lowest BCUT2D eigenvalue weighted by Gasteiger charge is -2.28. The van der Waals surface area contributed by atoms with Gasteiger partial charge in [-0.25, -0.2) is 4.79 Å². The molecule has 3 amide bonds. The van der Waals surface area contributed by atoms with E-state index in [-0.39, 0.29) is 33.8 Å². The second-order valence-electron chi connectivity index (χ2n) is 8.83. The number of nitrogens with one attached hydrogen (secondary N) is 1. The first-order chi connectivity index (χ1) is 16.6. The Hall–Kier alpha value is -2.42. The highest BCUT2D eigenvalue weighted by molar-refractivity contribution is 9.10. The molecule has 1 saturated heterocycles. The van der Waals surface area contributed by atoms with E-state index < -0.39 is 30.3 Å². The van der Waals surface area contributed by atoms with Crippen LogP contribution in [-0.2, 0) is 19.1 Å². The lowest BCUT2D eigenvalue weighted by Crippen LogP contribution is -2.34. The number of aryl methyl sites for hydroxylation is 2. The van der Waals surface area contributed by atoms with Crippen molar-refractivity contribution in [3.05, 3.63) is 57.6 Å². The molecule has 4 rings (SSSR count). The molecule has 184 valence electrons. The molecule has 0 bridgehead atoms. The molecule has 2 aromatic carbocycles. The molecule has 2 aromatic rings. The zero-order chi connectivity index (χ0) is 25.4.